The second-order valence-corrected chi connectivity index (χ2v) is 8.91. The van der Waals surface area contributed by atoms with E-state index >= 15 is 0 Å². The maximum absolute atomic E-state index is 10.8. The standard InChI is InChI=1S/C24H36O5/c1-2-3-4-7-18(25)9-10-19-20-13-16-6-5-8-23(29-12-11-24(27)28)21(16)14-17(20)15-22(19)26/h5-6,8,17-20,22,25-26H,2-4,7,9-15H2,1H3,(H,27,28)/t17-,18-,19+,20-,22+/m0/s1. The Morgan fingerprint density at radius 2 is 2.07 bits per heavy atom. The Hall–Kier alpha value is -1.59. The Kier molecular flexibility index (Phi) is 7.96. The van der Waals surface area contributed by atoms with E-state index in [0.29, 0.717) is 11.8 Å². The number of rotatable bonds is 11. The molecule has 29 heavy (non-hydrogen) atoms. The number of benzene rings is 1. The van der Waals surface area contributed by atoms with Crippen LogP contribution < -0.4 is 4.74 Å². The largest absolute Gasteiger partial charge is 0.493 e. The highest BCUT2D eigenvalue weighted by Crippen LogP contribution is 2.48. The minimum Gasteiger partial charge on any atom is -0.493 e. The van der Waals surface area contributed by atoms with Gasteiger partial charge in [-0.05, 0) is 73.5 Å². The number of carboxylic acid groups (broad SMARTS) is 1. The van der Waals surface area contributed by atoms with Gasteiger partial charge in [-0.1, -0.05) is 38.3 Å². The molecule has 0 aliphatic heterocycles. The number of hydrogen-bond acceptors (Lipinski definition) is 4. The van der Waals surface area contributed by atoms with Gasteiger partial charge < -0.3 is 20.1 Å². The second kappa shape index (κ2) is 10.4. The summed E-state index contributed by atoms with van der Waals surface area (Å²) in [5.74, 6) is 1.09. The average Bonchev–Trinajstić information content (AvgIpc) is 2.99. The van der Waals surface area contributed by atoms with E-state index in [1.807, 2.05) is 12.1 Å². The lowest BCUT2D eigenvalue weighted by atomic mass is 9.73. The number of aliphatic carboxylic acids is 1. The summed E-state index contributed by atoms with van der Waals surface area (Å²) in [4.78, 5) is 10.8. The molecule has 1 saturated carbocycles. The first-order valence-electron chi connectivity index (χ1n) is 11.3. The van der Waals surface area contributed by atoms with E-state index < -0.39 is 5.97 Å². The van der Waals surface area contributed by atoms with Gasteiger partial charge in [0.05, 0.1) is 25.2 Å². The van der Waals surface area contributed by atoms with Crippen molar-refractivity contribution < 1.29 is 24.9 Å². The molecule has 0 bridgehead atoms. The number of aliphatic hydroxyl groups excluding tert-OH is 2. The molecule has 162 valence electrons. The van der Waals surface area contributed by atoms with Crippen molar-refractivity contribution in [2.45, 2.75) is 83.3 Å². The highest BCUT2D eigenvalue weighted by Gasteiger charge is 2.44. The van der Waals surface area contributed by atoms with Gasteiger partial charge in [-0.15, -0.1) is 0 Å². The van der Waals surface area contributed by atoms with Crippen LogP contribution in [0.4, 0.5) is 0 Å². The van der Waals surface area contributed by atoms with Crippen LogP contribution >= 0.6 is 0 Å². The third-order valence-electron chi connectivity index (χ3n) is 6.89. The van der Waals surface area contributed by atoms with Gasteiger partial charge in [-0.3, -0.25) is 4.79 Å². The Balaban J connectivity index is 1.60. The predicted molar refractivity (Wildman–Crippen MR) is 112 cm³/mol. The van der Waals surface area contributed by atoms with Crippen LogP contribution in [0, 0.1) is 17.8 Å². The van der Waals surface area contributed by atoms with Crippen molar-refractivity contribution >= 4 is 5.97 Å². The topological polar surface area (TPSA) is 87.0 Å². The molecule has 1 fully saturated rings. The van der Waals surface area contributed by atoms with Crippen molar-refractivity contribution in [3.63, 3.8) is 0 Å². The van der Waals surface area contributed by atoms with E-state index in [-0.39, 0.29) is 31.2 Å². The molecular weight excluding hydrogens is 368 g/mol. The highest BCUT2D eigenvalue weighted by molar-refractivity contribution is 5.66. The van der Waals surface area contributed by atoms with E-state index in [1.165, 1.54) is 24.0 Å². The molecule has 2 aliphatic carbocycles. The molecule has 1 aromatic carbocycles. The van der Waals surface area contributed by atoms with Crippen LogP contribution in [-0.4, -0.2) is 40.1 Å². The normalized spacial score (nSPS) is 26.6. The van der Waals surface area contributed by atoms with Crippen molar-refractivity contribution in [1.82, 2.24) is 0 Å². The molecule has 5 heteroatoms. The number of fused-ring (bicyclic) bond motifs is 2. The third-order valence-corrected chi connectivity index (χ3v) is 6.89. The summed E-state index contributed by atoms with van der Waals surface area (Å²) in [5.41, 5.74) is 2.45. The molecule has 0 aromatic heterocycles. The van der Waals surface area contributed by atoms with Crippen molar-refractivity contribution in [2.75, 3.05) is 6.61 Å². The lowest BCUT2D eigenvalue weighted by Gasteiger charge is -2.32. The van der Waals surface area contributed by atoms with Gasteiger partial charge in [0, 0.05) is 0 Å². The maximum atomic E-state index is 10.8. The fourth-order valence-corrected chi connectivity index (χ4v) is 5.35. The van der Waals surface area contributed by atoms with Crippen molar-refractivity contribution in [3.05, 3.63) is 29.3 Å². The molecule has 0 amide bonds. The first kappa shape index (κ1) is 22.1. The summed E-state index contributed by atoms with van der Waals surface area (Å²) in [6.45, 7) is 2.35. The fourth-order valence-electron chi connectivity index (χ4n) is 5.35. The third kappa shape index (κ3) is 5.73. The van der Waals surface area contributed by atoms with Crippen LogP contribution in [0.15, 0.2) is 18.2 Å². The van der Waals surface area contributed by atoms with Crippen LogP contribution in [0.5, 0.6) is 5.75 Å². The van der Waals surface area contributed by atoms with Crippen LogP contribution in [0.3, 0.4) is 0 Å². The van der Waals surface area contributed by atoms with E-state index in [1.54, 1.807) is 0 Å². The molecule has 2 aliphatic rings. The highest BCUT2D eigenvalue weighted by atomic mass is 16.5. The summed E-state index contributed by atoms with van der Waals surface area (Å²) < 4.78 is 5.77. The zero-order chi connectivity index (χ0) is 20.8. The molecule has 1 aromatic rings. The Bertz CT molecular complexity index is 673. The van der Waals surface area contributed by atoms with E-state index in [2.05, 4.69) is 13.0 Å². The maximum Gasteiger partial charge on any atom is 0.306 e. The smallest absolute Gasteiger partial charge is 0.306 e. The van der Waals surface area contributed by atoms with Gasteiger partial charge in [-0.25, -0.2) is 0 Å². The molecule has 0 radical (unpaired) electrons. The van der Waals surface area contributed by atoms with Crippen molar-refractivity contribution in [3.8, 4) is 5.75 Å². The lowest BCUT2D eigenvalue weighted by Crippen LogP contribution is -2.28. The van der Waals surface area contributed by atoms with E-state index in [4.69, 9.17) is 9.84 Å². The first-order valence-corrected chi connectivity index (χ1v) is 11.3. The number of carboxylic acids is 1. The van der Waals surface area contributed by atoms with E-state index in [9.17, 15) is 15.0 Å². The molecule has 0 spiro atoms. The predicted octanol–water partition coefficient (Wildman–Crippen LogP) is 3.97. The fraction of sp³-hybridized carbons (Fsp3) is 0.708. The van der Waals surface area contributed by atoms with Crippen LogP contribution in [-0.2, 0) is 17.6 Å². The zero-order valence-corrected chi connectivity index (χ0v) is 17.6. The van der Waals surface area contributed by atoms with Gasteiger partial charge in [0.1, 0.15) is 5.75 Å². The van der Waals surface area contributed by atoms with Crippen LogP contribution in [0.2, 0.25) is 0 Å². The van der Waals surface area contributed by atoms with Crippen molar-refractivity contribution in [2.24, 2.45) is 17.8 Å². The summed E-state index contributed by atoms with van der Waals surface area (Å²) in [5, 5.41) is 29.8. The monoisotopic (exact) mass is 404 g/mol. The molecule has 0 heterocycles. The SMILES string of the molecule is CCCCC[C@H](O)CC[C@@H]1[C@H]2Cc3cccc(OCCC(=O)O)c3C[C@H]2C[C@H]1O. The molecule has 0 unspecified atom stereocenters. The average molecular weight is 405 g/mol. The van der Waals surface area contributed by atoms with Gasteiger partial charge >= 0.3 is 5.97 Å². The Morgan fingerprint density at radius 3 is 2.83 bits per heavy atom. The van der Waals surface area contributed by atoms with E-state index in [0.717, 1.165) is 50.7 Å². The van der Waals surface area contributed by atoms with Gasteiger partial charge in [0.15, 0.2) is 0 Å². The van der Waals surface area contributed by atoms with Gasteiger partial charge in [0.25, 0.3) is 0 Å². The zero-order valence-electron chi connectivity index (χ0n) is 17.6. The lowest BCUT2D eigenvalue weighted by molar-refractivity contribution is -0.137. The minimum absolute atomic E-state index is 0.00289. The Morgan fingerprint density at radius 1 is 1.24 bits per heavy atom. The quantitative estimate of drug-likeness (QED) is 0.486. The van der Waals surface area contributed by atoms with Crippen molar-refractivity contribution in [1.29, 1.82) is 0 Å². The van der Waals surface area contributed by atoms with Crippen LogP contribution in [0.25, 0.3) is 0 Å². The molecule has 5 atom stereocenters. The molecule has 3 rings (SSSR count). The summed E-state index contributed by atoms with van der Waals surface area (Å²) >= 11 is 0. The molecule has 3 N–H and O–H groups in total. The summed E-state index contributed by atoms with van der Waals surface area (Å²) in [6.07, 6.45) is 8.03. The molecule has 0 saturated heterocycles. The first-order chi connectivity index (χ1) is 14.0. The second-order valence-electron chi connectivity index (χ2n) is 8.91. The number of hydrogen-bond donors (Lipinski definition) is 3. The number of unbranched alkanes of at least 4 members (excludes halogenated alkanes) is 2. The molecular formula is C24H36O5. The number of carbonyl (C=O) groups is 1. The van der Waals surface area contributed by atoms with Gasteiger partial charge in [-0.2, -0.15) is 0 Å². The van der Waals surface area contributed by atoms with Gasteiger partial charge in [0.2, 0.25) is 0 Å². The number of ether oxygens (including phenoxy) is 1. The summed E-state index contributed by atoms with van der Waals surface area (Å²) in [6, 6.07) is 6.04. The Labute approximate surface area is 174 Å². The number of aliphatic hydroxyl groups is 2. The van der Waals surface area contributed by atoms with Crippen LogP contribution in [0.1, 0.15) is 69.4 Å². The summed E-state index contributed by atoms with van der Waals surface area (Å²) in [7, 11) is 0. The minimum atomic E-state index is -0.853. The molecule has 5 nitrogen and oxygen atoms in total.